The number of carbonyl (C=O) groups excluding carboxylic acids is 1. The van der Waals surface area contributed by atoms with Crippen molar-refractivity contribution in [3.05, 3.63) is 59.7 Å². The van der Waals surface area contributed by atoms with E-state index in [1.165, 1.54) is 25.3 Å². The summed E-state index contributed by atoms with van der Waals surface area (Å²) in [7, 11) is 1.37. The summed E-state index contributed by atoms with van der Waals surface area (Å²) < 4.78 is 4.96. The van der Waals surface area contributed by atoms with Gasteiger partial charge in [0.05, 0.1) is 7.11 Å². The zero-order chi connectivity index (χ0) is 16.8. The molecule has 120 valence electrons. The van der Waals surface area contributed by atoms with E-state index in [9.17, 15) is 19.8 Å². The number of hydrogen-bond donors (Lipinski definition) is 2. The van der Waals surface area contributed by atoms with Crippen LogP contribution in [-0.2, 0) is 11.2 Å². The van der Waals surface area contributed by atoms with E-state index in [1.54, 1.807) is 0 Å². The number of ether oxygens (including phenoxy) is 1. The largest absolute Gasteiger partial charge is 0.504 e. The predicted molar refractivity (Wildman–Crippen MR) is 84.9 cm³/mol. The van der Waals surface area contributed by atoms with Crippen LogP contribution in [0.25, 0.3) is 0 Å². The number of ketones is 1. The molecule has 0 fully saturated rings. The fraction of sp³-hybridized carbons (Fsp3) is 0.222. The number of phenolic OH excluding ortho intramolecular Hbond substituents is 1. The quantitative estimate of drug-likeness (QED) is 0.606. The molecule has 23 heavy (non-hydrogen) atoms. The van der Waals surface area contributed by atoms with E-state index in [2.05, 4.69) is 0 Å². The van der Waals surface area contributed by atoms with Crippen LogP contribution >= 0.6 is 0 Å². The Morgan fingerprint density at radius 1 is 1.13 bits per heavy atom. The molecule has 5 nitrogen and oxygen atoms in total. The number of carboxylic acids is 1. The second-order valence-electron chi connectivity index (χ2n) is 5.17. The van der Waals surface area contributed by atoms with E-state index in [0.717, 1.165) is 5.56 Å². The Bertz CT molecular complexity index is 694. The van der Waals surface area contributed by atoms with Gasteiger partial charge in [0.1, 0.15) is 5.92 Å². The van der Waals surface area contributed by atoms with Crippen LogP contribution in [0.2, 0.25) is 0 Å². The number of rotatable bonds is 7. The Morgan fingerprint density at radius 2 is 1.83 bits per heavy atom. The van der Waals surface area contributed by atoms with Crippen molar-refractivity contribution in [1.82, 2.24) is 0 Å². The lowest BCUT2D eigenvalue weighted by Gasteiger charge is -2.12. The number of hydrogen-bond acceptors (Lipinski definition) is 4. The van der Waals surface area contributed by atoms with Gasteiger partial charge in [-0.25, -0.2) is 0 Å². The van der Waals surface area contributed by atoms with Crippen LogP contribution in [0, 0.1) is 5.92 Å². The second kappa shape index (κ2) is 7.45. The molecule has 2 N–H and O–H groups in total. The molecule has 1 atom stereocenters. The first-order valence-corrected chi connectivity index (χ1v) is 7.21. The number of methoxy groups -OCH3 is 1. The van der Waals surface area contributed by atoms with Crippen LogP contribution in [0.1, 0.15) is 22.3 Å². The molecular weight excluding hydrogens is 296 g/mol. The first-order chi connectivity index (χ1) is 11.0. The first kappa shape index (κ1) is 16.5. The van der Waals surface area contributed by atoms with Crippen LogP contribution < -0.4 is 4.74 Å². The number of aliphatic carboxylic acids is 1. The van der Waals surface area contributed by atoms with E-state index in [-0.39, 0.29) is 23.5 Å². The maximum Gasteiger partial charge on any atom is 0.314 e. The molecule has 0 saturated carbocycles. The number of Topliss-reactive ketones (excluding diaryl/α,β-unsaturated/α-hetero) is 1. The molecule has 5 heteroatoms. The summed E-state index contributed by atoms with van der Waals surface area (Å²) >= 11 is 0. The van der Waals surface area contributed by atoms with Crippen LogP contribution in [0.3, 0.4) is 0 Å². The third-order valence-corrected chi connectivity index (χ3v) is 3.64. The fourth-order valence-electron chi connectivity index (χ4n) is 2.35. The maximum atomic E-state index is 12.5. The van der Waals surface area contributed by atoms with Gasteiger partial charge in [0.2, 0.25) is 0 Å². The van der Waals surface area contributed by atoms with Gasteiger partial charge in [0.25, 0.3) is 0 Å². The Morgan fingerprint density at radius 3 is 2.43 bits per heavy atom. The molecule has 0 saturated heterocycles. The van der Waals surface area contributed by atoms with Crippen LogP contribution in [0.15, 0.2) is 48.5 Å². The summed E-state index contributed by atoms with van der Waals surface area (Å²) in [5.74, 6) is -2.74. The first-order valence-electron chi connectivity index (χ1n) is 7.21. The second-order valence-corrected chi connectivity index (χ2v) is 5.17. The molecule has 2 rings (SSSR count). The number of aryl methyl sites for hydroxylation is 1. The normalized spacial score (nSPS) is 11.7. The third-order valence-electron chi connectivity index (χ3n) is 3.64. The minimum absolute atomic E-state index is 0.0970. The summed E-state index contributed by atoms with van der Waals surface area (Å²) in [5, 5.41) is 18.9. The van der Waals surface area contributed by atoms with Crippen molar-refractivity contribution in [3.63, 3.8) is 0 Å². The Balaban J connectivity index is 2.17. The van der Waals surface area contributed by atoms with Gasteiger partial charge in [-0.2, -0.15) is 0 Å². The molecule has 2 aromatic carbocycles. The molecule has 0 amide bonds. The summed E-state index contributed by atoms with van der Waals surface area (Å²) in [6.07, 6.45) is 0.708. The number of phenols is 1. The lowest BCUT2D eigenvalue weighted by molar-refractivity contribution is -0.140. The SMILES string of the molecule is COc1cc(C(=O)C(CCc2ccccc2)C(=O)O)ccc1O. The number of carboxylic acid groups (broad SMARTS) is 1. The highest BCUT2D eigenvalue weighted by molar-refractivity contribution is 6.08. The molecule has 0 aromatic heterocycles. The molecule has 0 aliphatic carbocycles. The van der Waals surface area contributed by atoms with Crippen molar-refractivity contribution in [3.8, 4) is 11.5 Å². The van der Waals surface area contributed by atoms with Crippen LogP contribution in [-0.4, -0.2) is 29.1 Å². The minimum Gasteiger partial charge on any atom is -0.504 e. The fourth-order valence-corrected chi connectivity index (χ4v) is 2.35. The summed E-state index contributed by atoms with van der Waals surface area (Å²) in [5.41, 5.74) is 1.19. The Kier molecular flexibility index (Phi) is 5.36. The van der Waals surface area contributed by atoms with Gasteiger partial charge in [0, 0.05) is 5.56 Å². The highest BCUT2D eigenvalue weighted by Crippen LogP contribution is 2.28. The van der Waals surface area contributed by atoms with Gasteiger partial charge in [-0.3, -0.25) is 9.59 Å². The van der Waals surface area contributed by atoms with Crippen molar-refractivity contribution in [2.45, 2.75) is 12.8 Å². The average molecular weight is 314 g/mol. The Labute approximate surface area is 134 Å². The van der Waals surface area contributed by atoms with Crippen molar-refractivity contribution in [1.29, 1.82) is 0 Å². The van der Waals surface area contributed by atoms with Crippen LogP contribution in [0.5, 0.6) is 11.5 Å². The monoisotopic (exact) mass is 314 g/mol. The number of benzene rings is 2. The predicted octanol–water partition coefficient (Wildman–Crippen LogP) is 2.92. The van der Waals surface area contributed by atoms with Gasteiger partial charge < -0.3 is 14.9 Å². The summed E-state index contributed by atoms with van der Waals surface area (Å²) in [6.45, 7) is 0. The number of aromatic hydroxyl groups is 1. The van der Waals surface area contributed by atoms with Gasteiger partial charge in [-0.15, -0.1) is 0 Å². The van der Waals surface area contributed by atoms with Crippen molar-refractivity contribution in [2.24, 2.45) is 5.92 Å². The molecule has 0 spiro atoms. The zero-order valence-corrected chi connectivity index (χ0v) is 12.7. The van der Waals surface area contributed by atoms with E-state index in [4.69, 9.17) is 4.74 Å². The van der Waals surface area contributed by atoms with Crippen molar-refractivity contribution >= 4 is 11.8 Å². The van der Waals surface area contributed by atoms with Gasteiger partial charge in [0.15, 0.2) is 17.3 Å². The van der Waals surface area contributed by atoms with Crippen molar-refractivity contribution < 1.29 is 24.5 Å². The molecule has 0 heterocycles. The third kappa shape index (κ3) is 4.10. The Hall–Kier alpha value is -2.82. The minimum atomic E-state index is -1.15. The molecule has 0 radical (unpaired) electrons. The smallest absolute Gasteiger partial charge is 0.314 e. The van der Waals surface area contributed by atoms with Crippen LogP contribution in [0.4, 0.5) is 0 Å². The van der Waals surface area contributed by atoms with E-state index < -0.39 is 17.7 Å². The standard InChI is InChI=1S/C18H18O5/c1-23-16-11-13(8-10-15(16)19)17(20)14(18(21)22)9-7-12-5-3-2-4-6-12/h2-6,8,10-11,14,19H,7,9H2,1H3,(H,21,22). The van der Waals surface area contributed by atoms with E-state index in [1.807, 2.05) is 30.3 Å². The molecule has 1 unspecified atom stereocenters. The van der Waals surface area contributed by atoms with E-state index >= 15 is 0 Å². The van der Waals surface area contributed by atoms with Gasteiger partial charge in [-0.05, 0) is 36.6 Å². The average Bonchev–Trinajstić information content (AvgIpc) is 2.56. The molecule has 0 bridgehead atoms. The topological polar surface area (TPSA) is 83.8 Å². The van der Waals surface area contributed by atoms with Crippen molar-refractivity contribution in [2.75, 3.05) is 7.11 Å². The molecule has 0 aliphatic heterocycles. The summed E-state index contributed by atoms with van der Waals surface area (Å²) in [6, 6.07) is 13.5. The maximum absolute atomic E-state index is 12.5. The lowest BCUT2D eigenvalue weighted by atomic mass is 9.91. The highest BCUT2D eigenvalue weighted by Gasteiger charge is 2.27. The zero-order valence-electron chi connectivity index (χ0n) is 12.7. The lowest BCUT2D eigenvalue weighted by Crippen LogP contribution is -2.24. The molecule has 0 aliphatic rings. The molecular formula is C18H18O5. The summed E-state index contributed by atoms with van der Waals surface area (Å²) in [4.78, 5) is 23.9. The molecule has 2 aromatic rings. The highest BCUT2D eigenvalue weighted by atomic mass is 16.5. The van der Waals surface area contributed by atoms with Gasteiger partial charge in [-0.1, -0.05) is 30.3 Å². The number of carbonyl (C=O) groups is 2. The van der Waals surface area contributed by atoms with E-state index in [0.29, 0.717) is 6.42 Å². The van der Waals surface area contributed by atoms with Gasteiger partial charge >= 0.3 is 5.97 Å².